The van der Waals surface area contributed by atoms with Gasteiger partial charge in [0.25, 0.3) is 0 Å². The molecule has 106 valence electrons. The minimum atomic E-state index is 0.480. The SMILES string of the molecule is CN(CCC1CCOCC1)CC1CCC(N)CC1. The molecule has 0 radical (unpaired) electrons. The van der Waals surface area contributed by atoms with Crippen LogP contribution < -0.4 is 5.73 Å². The molecule has 1 saturated carbocycles. The Morgan fingerprint density at radius 2 is 1.67 bits per heavy atom. The van der Waals surface area contributed by atoms with Crippen LogP contribution in [0, 0.1) is 11.8 Å². The van der Waals surface area contributed by atoms with Crippen molar-refractivity contribution < 1.29 is 4.74 Å². The molecule has 0 atom stereocenters. The lowest BCUT2D eigenvalue weighted by atomic mass is 9.86. The van der Waals surface area contributed by atoms with Gasteiger partial charge in [-0.05, 0) is 70.4 Å². The molecular weight excluding hydrogens is 224 g/mol. The van der Waals surface area contributed by atoms with Crippen molar-refractivity contribution in [2.75, 3.05) is 33.4 Å². The molecule has 2 fully saturated rings. The Morgan fingerprint density at radius 3 is 2.33 bits per heavy atom. The van der Waals surface area contributed by atoms with Crippen molar-refractivity contribution in [1.29, 1.82) is 0 Å². The highest BCUT2D eigenvalue weighted by molar-refractivity contribution is 4.76. The van der Waals surface area contributed by atoms with E-state index in [0.717, 1.165) is 25.0 Å². The molecule has 0 aromatic rings. The zero-order valence-electron chi connectivity index (χ0n) is 11.9. The summed E-state index contributed by atoms with van der Waals surface area (Å²) in [5.74, 6) is 1.80. The summed E-state index contributed by atoms with van der Waals surface area (Å²) in [4.78, 5) is 2.54. The Bertz CT molecular complexity index is 221. The maximum atomic E-state index is 5.96. The third-order valence-corrected chi connectivity index (χ3v) is 4.72. The van der Waals surface area contributed by atoms with Gasteiger partial charge in [0, 0.05) is 25.8 Å². The van der Waals surface area contributed by atoms with Crippen LogP contribution in [-0.2, 0) is 4.74 Å². The molecule has 1 aliphatic carbocycles. The van der Waals surface area contributed by atoms with Gasteiger partial charge in [-0.3, -0.25) is 0 Å². The maximum absolute atomic E-state index is 5.96. The van der Waals surface area contributed by atoms with Crippen molar-refractivity contribution in [1.82, 2.24) is 4.90 Å². The van der Waals surface area contributed by atoms with Crippen LogP contribution in [0.25, 0.3) is 0 Å². The lowest BCUT2D eigenvalue weighted by Gasteiger charge is -2.30. The van der Waals surface area contributed by atoms with Gasteiger partial charge in [0.15, 0.2) is 0 Å². The molecule has 0 bridgehead atoms. The van der Waals surface area contributed by atoms with Gasteiger partial charge in [0.1, 0.15) is 0 Å². The summed E-state index contributed by atoms with van der Waals surface area (Å²) in [7, 11) is 2.29. The number of nitrogens with two attached hydrogens (primary N) is 1. The van der Waals surface area contributed by atoms with Gasteiger partial charge in [0.05, 0.1) is 0 Å². The molecular formula is C15H30N2O. The second-order valence-electron chi connectivity index (χ2n) is 6.39. The van der Waals surface area contributed by atoms with Crippen molar-refractivity contribution in [2.24, 2.45) is 17.6 Å². The minimum Gasteiger partial charge on any atom is -0.381 e. The van der Waals surface area contributed by atoms with E-state index in [9.17, 15) is 0 Å². The van der Waals surface area contributed by atoms with Crippen molar-refractivity contribution in [2.45, 2.75) is 51.0 Å². The van der Waals surface area contributed by atoms with Crippen LogP contribution in [-0.4, -0.2) is 44.3 Å². The van der Waals surface area contributed by atoms with E-state index >= 15 is 0 Å². The van der Waals surface area contributed by atoms with E-state index in [1.807, 2.05) is 0 Å². The molecule has 0 amide bonds. The third-order valence-electron chi connectivity index (χ3n) is 4.72. The predicted octanol–water partition coefficient (Wildman–Crippen LogP) is 2.25. The van der Waals surface area contributed by atoms with E-state index in [1.54, 1.807) is 0 Å². The van der Waals surface area contributed by atoms with E-state index in [0.29, 0.717) is 6.04 Å². The van der Waals surface area contributed by atoms with Gasteiger partial charge in [-0.15, -0.1) is 0 Å². The second kappa shape index (κ2) is 7.46. The molecule has 3 heteroatoms. The molecule has 2 aliphatic rings. The molecule has 0 spiro atoms. The summed E-state index contributed by atoms with van der Waals surface area (Å²) in [5.41, 5.74) is 5.96. The molecule has 0 unspecified atom stereocenters. The first kappa shape index (κ1) is 14.3. The number of ether oxygens (including phenoxy) is 1. The minimum absolute atomic E-state index is 0.480. The molecule has 2 N–H and O–H groups in total. The summed E-state index contributed by atoms with van der Waals surface area (Å²) in [6.07, 6.45) is 9.03. The van der Waals surface area contributed by atoms with Gasteiger partial charge < -0.3 is 15.4 Å². The van der Waals surface area contributed by atoms with Crippen LogP contribution in [0.1, 0.15) is 44.9 Å². The van der Waals surface area contributed by atoms with Crippen LogP contribution in [0.2, 0.25) is 0 Å². The lowest BCUT2D eigenvalue weighted by molar-refractivity contribution is 0.0602. The van der Waals surface area contributed by atoms with Crippen molar-refractivity contribution in [3.05, 3.63) is 0 Å². The summed E-state index contributed by atoms with van der Waals surface area (Å²) < 4.78 is 5.41. The number of rotatable bonds is 5. The second-order valence-corrected chi connectivity index (χ2v) is 6.39. The van der Waals surface area contributed by atoms with Crippen LogP contribution >= 0.6 is 0 Å². The van der Waals surface area contributed by atoms with E-state index in [2.05, 4.69) is 11.9 Å². The molecule has 0 aromatic heterocycles. The van der Waals surface area contributed by atoms with Crippen LogP contribution in [0.3, 0.4) is 0 Å². The smallest absolute Gasteiger partial charge is 0.0468 e. The van der Waals surface area contributed by atoms with E-state index in [4.69, 9.17) is 10.5 Å². The van der Waals surface area contributed by atoms with Crippen LogP contribution in [0.5, 0.6) is 0 Å². The first-order valence-corrected chi connectivity index (χ1v) is 7.76. The Kier molecular flexibility index (Phi) is 5.93. The van der Waals surface area contributed by atoms with Crippen molar-refractivity contribution in [3.8, 4) is 0 Å². The van der Waals surface area contributed by atoms with Gasteiger partial charge in [-0.2, -0.15) is 0 Å². The zero-order valence-corrected chi connectivity index (χ0v) is 11.9. The van der Waals surface area contributed by atoms with E-state index in [1.165, 1.54) is 58.0 Å². The van der Waals surface area contributed by atoms with Crippen LogP contribution in [0.15, 0.2) is 0 Å². The Balaban J connectivity index is 1.58. The number of hydrogen-bond donors (Lipinski definition) is 1. The Morgan fingerprint density at radius 1 is 1.00 bits per heavy atom. The summed E-state index contributed by atoms with van der Waals surface area (Å²) >= 11 is 0. The summed E-state index contributed by atoms with van der Waals surface area (Å²) in [5, 5.41) is 0. The molecule has 1 saturated heterocycles. The molecule has 1 heterocycles. The van der Waals surface area contributed by atoms with Crippen molar-refractivity contribution in [3.63, 3.8) is 0 Å². The number of hydrogen-bond acceptors (Lipinski definition) is 3. The highest BCUT2D eigenvalue weighted by Crippen LogP contribution is 2.24. The highest BCUT2D eigenvalue weighted by Gasteiger charge is 2.20. The first-order chi connectivity index (χ1) is 8.74. The average Bonchev–Trinajstić information content (AvgIpc) is 2.40. The fourth-order valence-corrected chi connectivity index (χ4v) is 3.34. The standard InChI is InChI=1S/C15H30N2O/c1-17(9-6-13-7-10-18-11-8-13)12-14-2-4-15(16)5-3-14/h13-15H,2-12,16H2,1H3. The largest absolute Gasteiger partial charge is 0.381 e. The molecule has 18 heavy (non-hydrogen) atoms. The predicted molar refractivity (Wildman–Crippen MR) is 75.6 cm³/mol. The fourth-order valence-electron chi connectivity index (χ4n) is 3.34. The van der Waals surface area contributed by atoms with Crippen molar-refractivity contribution >= 4 is 0 Å². The monoisotopic (exact) mass is 254 g/mol. The zero-order chi connectivity index (χ0) is 12.8. The summed E-state index contributed by atoms with van der Waals surface area (Å²) in [6.45, 7) is 4.49. The van der Waals surface area contributed by atoms with Gasteiger partial charge >= 0.3 is 0 Å². The molecule has 2 rings (SSSR count). The van der Waals surface area contributed by atoms with Crippen LogP contribution in [0.4, 0.5) is 0 Å². The van der Waals surface area contributed by atoms with Gasteiger partial charge in [0.2, 0.25) is 0 Å². The van der Waals surface area contributed by atoms with Gasteiger partial charge in [-0.1, -0.05) is 0 Å². The fraction of sp³-hybridized carbons (Fsp3) is 1.00. The van der Waals surface area contributed by atoms with E-state index in [-0.39, 0.29) is 0 Å². The Labute approximate surface area is 112 Å². The van der Waals surface area contributed by atoms with E-state index < -0.39 is 0 Å². The topological polar surface area (TPSA) is 38.5 Å². The van der Waals surface area contributed by atoms with Gasteiger partial charge in [-0.25, -0.2) is 0 Å². The third kappa shape index (κ3) is 4.87. The average molecular weight is 254 g/mol. The molecule has 1 aliphatic heterocycles. The number of nitrogens with zero attached hydrogens (tertiary/aromatic N) is 1. The first-order valence-electron chi connectivity index (χ1n) is 7.76. The summed E-state index contributed by atoms with van der Waals surface area (Å²) in [6, 6.07) is 0.480. The highest BCUT2D eigenvalue weighted by atomic mass is 16.5. The Hall–Kier alpha value is -0.120. The quantitative estimate of drug-likeness (QED) is 0.818. The normalized spacial score (nSPS) is 30.8. The maximum Gasteiger partial charge on any atom is 0.0468 e. The lowest BCUT2D eigenvalue weighted by Crippen LogP contribution is -2.33. The molecule has 3 nitrogen and oxygen atoms in total. The molecule has 0 aromatic carbocycles.